The van der Waals surface area contributed by atoms with Crippen LogP contribution in [0.3, 0.4) is 0 Å². The number of carbonyl (C=O) groups is 1. The van der Waals surface area contributed by atoms with Crippen LogP contribution < -0.4 is 0 Å². The molecule has 0 aliphatic carbocycles. The van der Waals surface area contributed by atoms with Crippen LogP contribution in [0.1, 0.15) is 25.8 Å². The Labute approximate surface area is 97.6 Å². The highest BCUT2D eigenvalue weighted by Crippen LogP contribution is 2.11. The van der Waals surface area contributed by atoms with Crippen molar-refractivity contribution >= 4 is 6.29 Å². The van der Waals surface area contributed by atoms with Crippen LogP contribution >= 0.6 is 0 Å². The fourth-order valence-electron chi connectivity index (χ4n) is 1.67. The number of ether oxygens (including phenoxy) is 1. The zero-order valence-electron chi connectivity index (χ0n) is 10.1. The largest absolute Gasteiger partial charge is 0.376 e. The van der Waals surface area contributed by atoms with Crippen molar-refractivity contribution in [1.82, 2.24) is 0 Å². The van der Waals surface area contributed by atoms with Gasteiger partial charge >= 0.3 is 0 Å². The van der Waals surface area contributed by atoms with Gasteiger partial charge in [-0.3, -0.25) is 0 Å². The monoisotopic (exact) mass is 220 g/mol. The standard InChI is InChI=1S/C14H20O2/c1-12(2)8-14(9-15)11-16-10-13-6-4-3-5-7-13/h3-7,9,12,14H,8,10-11H2,1-2H3. The van der Waals surface area contributed by atoms with Crippen LogP contribution in [-0.2, 0) is 16.1 Å². The minimum atomic E-state index is 0.0312. The molecule has 2 nitrogen and oxygen atoms in total. The van der Waals surface area contributed by atoms with Crippen LogP contribution in [0, 0.1) is 11.8 Å². The summed E-state index contributed by atoms with van der Waals surface area (Å²) in [5.74, 6) is 0.569. The van der Waals surface area contributed by atoms with Gasteiger partial charge in [0.1, 0.15) is 6.29 Å². The SMILES string of the molecule is CC(C)CC(C=O)COCc1ccccc1. The van der Waals surface area contributed by atoms with E-state index in [9.17, 15) is 4.79 Å². The van der Waals surface area contributed by atoms with E-state index in [1.54, 1.807) is 0 Å². The molecule has 2 heteroatoms. The smallest absolute Gasteiger partial charge is 0.125 e. The Morgan fingerprint density at radius 1 is 1.25 bits per heavy atom. The molecule has 0 fully saturated rings. The summed E-state index contributed by atoms with van der Waals surface area (Å²) in [5.41, 5.74) is 1.15. The maximum absolute atomic E-state index is 10.8. The summed E-state index contributed by atoms with van der Waals surface area (Å²) >= 11 is 0. The number of benzene rings is 1. The predicted molar refractivity (Wildman–Crippen MR) is 65.1 cm³/mol. The normalized spacial score (nSPS) is 12.7. The van der Waals surface area contributed by atoms with Gasteiger partial charge in [0.05, 0.1) is 13.2 Å². The Morgan fingerprint density at radius 3 is 2.50 bits per heavy atom. The van der Waals surface area contributed by atoms with E-state index < -0.39 is 0 Å². The van der Waals surface area contributed by atoms with Gasteiger partial charge < -0.3 is 9.53 Å². The third-order valence-corrected chi connectivity index (χ3v) is 2.41. The van der Waals surface area contributed by atoms with Gasteiger partial charge in [-0.05, 0) is 17.9 Å². The van der Waals surface area contributed by atoms with Gasteiger partial charge in [-0.2, -0.15) is 0 Å². The summed E-state index contributed by atoms with van der Waals surface area (Å²) in [6.07, 6.45) is 1.91. The molecule has 0 aliphatic rings. The van der Waals surface area contributed by atoms with E-state index in [0.717, 1.165) is 18.3 Å². The van der Waals surface area contributed by atoms with Crippen molar-refractivity contribution in [2.75, 3.05) is 6.61 Å². The third-order valence-electron chi connectivity index (χ3n) is 2.41. The van der Waals surface area contributed by atoms with E-state index in [1.165, 1.54) is 0 Å². The lowest BCUT2D eigenvalue weighted by Gasteiger charge is -2.13. The minimum absolute atomic E-state index is 0.0312. The van der Waals surface area contributed by atoms with Crippen LogP contribution in [0.4, 0.5) is 0 Å². The molecule has 0 N–H and O–H groups in total. The third kappa shape index (κ3) is 5.08. The zero-order valence-corrected chi connectivity index (χ0v) is 10.1. The molecular formula is C14H20O2. The summed E-state index contributed by atoms with van der Waals surface area (Å²) in [4.78, 5) is 10.8. The van der Waals surface area contributed by atoms with Crippen molar-refractivity contribution in [3.05, 3.63) is 35.9 Å². The highest BCUT2D eigenvalue weighted by atomic mass is 16.5. The van der Waals surface area contributed by atoms with E-state index in [1.807, 2.05) is 30.3 Å². The number of carbonyl (C=O) groups excluding carboxylic acids is 1. The lowest BCUT2D eigenvalue weighted by atomic mass is 9.99. The molecule has 0 saturated carbocycles. The number of rotatable bonds is 7. The second-order valence-electron chi connectivity index (χ2n) is 4.53. The molecule has 0 heterocycles. The summed E-state index contributed by atoms with van der Waals surface area (Å²) in [5, 5.41) is 0. The Morgan fingerprint density at radius 2 is 1.94 bits per heavy atom. The fraction of sp³-hybridized carbons (Fsp3) is 0.500. The highest BCUT2D eigenvalue weighted by Gasteiger charge is 2.09. The Bertz CT molecular complexity index is 293. The Balaban J connectivity index is 2.26. The van der Waals surface area contributed by atoms with Crippen LogP contribution in [0.2, 0.25) is 0 Å². The van der Waals surface area contributed by atoms with Gasteiger partial charge in [0.15, 0.2) is 0 Å². The Hall–Kier alpha value is -1.15. The molecule has 1 unspecified atom stereocenters. The summed E-state index contributed by atoms with van der Waals surface area (Å²) in [6, 6.07) is 10.0. The summed E-state index contributed by atoms with van der Waals surface area (Å²) < 4.78 is 5.54. The van der Waals surface area contributed by atoms with E-state index in [-0.39, 0.29) is 5.92 Å². The molecule has 16 heavy (non-hydrogen) atoms. The molecule has 0 spiro atoms. The second kappa shape index (κ2) is 7.18. The van der Waals surface area contributed by atoms with Gasteiger partial charge in [0.25, 0.3) is 0 Å². The Kier molecular flexibility index (Phi) is 5.79. The van der Waals surface area contributed by atoms with Crippen LogP contribution in [0.5, 0.6) is 0 Å². The first-order valence-electron chi connectivity index (χ1n) is 5.79. The van der Waals surface area contributed by atoms with E-state index in [4.69, 9.17) is 4.74 Å². The topological polar surface area (TPSA) is 26.3 Å². The molecule has 1 rings (SSSR count). The van der Waals surface area contributed by atoms with E-state index in [2.05, 4.69) is 13.8 Å². The van der Waals surface area contributed by atoms with Crippen molar-refractivity contribution in [3.8, 4) is 0 Å². The molecule has 0 saturated heterocycles. The molecule has 0 aromatic heterocycles. The molecule has 0 radical (unpaired) electrons. The van der Waals surface area contributed by atoms with Crippen LogP contribution in [0.15, 0.2) is 30.3 Å². The molecular weight excluding hydrogens is 200 g/mol. The van der Waals surface area contributed by atoms with Gasteiger partial charge in [-0.15, -0.1) is 0 Å². The molecule has 1 atom stereocenters. The molecule has 0 aliphatic heterocycles. The second-order valence-corrected chi connectivity index (χ2v) is 4.53. The summed E-state index contributed by atoms with van der Waals surface area (Å²) in [7, 11) is 0. The first kappa shape index (κ1) is 12.9. The molecule has 1 aromatic rings. The average Bonchev–Trinajstić information content (AvgIpc) is 2.28. The summed E-state index contributed by atoms with van der Waals surface area (Å²) in [6.45, 7) is 5.35. The number of aldehydes is 1. The molecule has 1 aromatic carbocycles. The average molecular weight is 220 g/mol. The van der Waals surface area contributed by atoms with Gasteiger partial charge in [0, 0.05) is 5.92 Å². The maximum atomic E-state index is 10.8. The predicted octanol–water partition coefficient (Wildman–Crippen LogP) is 3.06. The van der Waals surface area contributed by atoms with E-state index in [0.29, 0.717) is 19.1 Å². The zero-order chi connectivity index (χ0) is 11.8. The number of hydrogen-bond donors (Lipinski definition) is 0. The van der Waals surface area contributed by atoms with Crippen molar-refractivity contribution in [2.45, 2.75) is 26.9 Å². The van der Waals surface area contributed by atoms with Crippen LogP contribution in [-0.4, -0.2) is 12.9 Å². The minimum Gasteiger partial charge on any atom is -0.376 e. The molecule has 0 bridgehead atoms. The first-order chi connectivity index (χ1) is 7.72. The first-order valence-corrected chi connectivity index (χ1v) is 5.79. The van der Waals surface area contributed by atoms with E-state index >= 15 is 0 Å². The van der Waals surface area contributed by atoms with Gasteiger partial charge in [-0.25, -0.2) is 0 Å². The fourth-order valence-corrected chi connectivity index (χ4v) is 1.67. The van der Waals surface area contributed by atoms with Crippen molar-refractivity contribution in [3.63, 3.8) is 0 Å². The quantitative estimate of drug-likeness (QED) is 0.660. The van der Waals surface area contributed by atoms with Gasteiger partial charge in [0.2, 0.25) is 0 Å². The maximum Gasteiger partial charge on any atom is 0.125 e. The lowest BCUT2D eigenvalue weighted by Crippen LogP contribution is -2.13. The van der Waals surface area contributed by atoms with Crippen LogP contribution in [0.25, 0.3) is 0 Å². The van der Waals surface area contributed by atoms with Crippen molar-refractivity contribution in [1.29, 1.82) is 0 Å². The molecule has 88 valence electrons. The molecule has 0 amide bonds. The highest BCUT2D eigenvalue weighted by molar-refractivity contribution is 5.53. The van der Waals surface area contributed by atoms with Crippen molar-refractivity contribution < 1.29 is 9.53 Å². The van der Waals surface area contributed by atoms with Gasteiger partial charge in [-0.1, -0.05) is 44.2 Å². The van der Waals surface area contributed by atoms with Crippen molar-refractivity contribution in [2.24, 2.45) is 11.8 Å². The number of hydrogen-bond acceptors (Lipinski definition) is 2. The lowest BCUT2D eigenvalue weighted by molar-refractivity contribution is -0.113.